The zero-order valence-corrected chi connectivity index (χ0v) is 12.1. The number of hydrogen-bond donors (Lipinski definition) is 3. The van der Waals surface area contributed by atoms with Gasteiger partial charge in [0, 0.05) is 20.2 Å². The van der Waals surface area contributed by atoms with E-state index in [4.69, 9.17) is 9.84 Å². The van der Waals surface area contributed by atoms with Gasteiger partial charge in [0.1, 0.15) is 0 Å². The Morgan fingerprint density at radius 2 is 2.00 bits per heavy atom. The van der Waals surface area contributed by atoms with Crippen molar-refractivity contribution in [2.45, 2.75) is 32.6 Å². The van der Waals surface area contributed by atoms with Crippen LogP contribution in [0.5, 0.6) is 6.01 Å². The first-order valence-corrected chi connectivity index (χ1v) is 7.13. The maximum Gasteiger partial charge on any atom is 0.323 e. The zero-order chi connectivity index (χ0) is 14.4. The van der Waals surface area contributed by atoms with Crippen molar-refractivity contribution in [3.8, 4) is 6.01 Å². The van der Waals surface area contributed by atoms with E-state index in [0.717, 1.165) is 32.2 Å². The lowest BCUT2D eigenvalue weighted by Crippen LogP contribution is -2.19. The highest BCUT2D eigenvalue weighted by Crippen LogP contribution is 2.48. The highest BCUT2D eigenvalue weighted by Gasteiger charge is 2.41. The van der Waals surface area contributed by atoms with Crippen LogP contribution in [0.25, 0.3) is 0 Å². The molecule has 1 aromatic heterocycles. The molecule has 2 rings (SSSR count). The molecular formula is C13H23N5O2. The van der Waals surface area contributed by atoms with E-state index in [0.29, 0.717) is 24.5 Å². The zero-order valence-electron chi connectivity index (χ0n) is 12.1. The van der Waals surface area contributed by atoms with Crippen molar-refractivity contribution in [2.75, 3.05) is 37.4 Å². The number of hydrogen-bond acceptors (Lipinski definition) is 7. The number of rotatable bonds is 9. The Balaban J connectivity index is 1.99. The molecule has 7 heteroatoms. The fraction of sp³-hybridized carbons (Fsp3) is 0.769. The van der Waals surface area contributed by atoms with E-state index < -0.39 is 0 Å². The number of anilines is 2. The molecule has 0 amide bonds. The number of nitrogens with zero attached hydrogens (tertiary/aromatic N) is 3. The molecule has 1 aromatic rings. The Bertz CT molecular complexity index is 437. The summed E-state index contributed by atoms with van der Waals surface area (Å²) in [7, 11) is 1.76. The molecule has 7 nitrogen and oxygen atoms in total. The molecule has 0 saturated heterocycles. The van der Waals surface area contributed by atoms with Gasteiger partial charge in [0.25, 0.3) is 0 Å². The van der Waals surface area contributed by atoms with Crippen LogP contribution >= 0.6 is 0 Å². The van der Waals surface area contributed by atoms with Crippen molar-refractivity contribution >= 4 is 11.9 Å². The second-order valence-electron chi connectivity index (χ2n) is 5.19. The predicted molar refractivity (Wildman–Crippen MR) is 77.0 cm³/mol. The first-order valence-electron chi connectivity index (χ1n) is 7.13. The molecule has 0 atom stereocenters. The van der Waals surface area contributed by atoms with Crippen LogP contribution < -0.4 is 15.4 Å². The minimum atomic E-state index is 0.214. The summed E-state index contributed by atoms with van der Waals surface area (Å²) >= 11 is 0. The van der Waals surface area contributed by atoms with E-state index in [1.165, 1.54) is 0 Å². The third-order valence-corrected chi connectivity index (χ3v) is 3.49. The lowest BCUT2D eigenvalue weighted by molar-refractivity contribution is 0.253. The van der Waals surface area contributed by atoms with E-state index in [1.54, 1.807) is 7.05 Å². The topological polar surface area (TPSA) is 92.2 Å². The van der Waals surface area contributed by atoms with Gasteiger partial charge < -0.3 is 20.5 Å². The molecule has 1 heterocycles. The standard InChI is InChI=1S/C13H23N5O2/c1-3-8-20-12-17-10(14-2)16-11(18-12)15-9-13(4-5-13)6-7-19/h19H,3-9H2,1-2H3,(H2,14,15,16,17,18). The van der Waals surface area contributed by atoms with Gasteiger partial charge in [0.05, 0.1) is 6.61 Å². The van der Waals surface area contributed by atoms with E-state index in [1.807, 2.05) is 6.92 Å². The lowest BCUT2D eigenvalue weighted by Gasteiger charge is -2.15. The first-order chi connectivity index (χ1) is 9.71. The third-order valence-electron chi connectivity index (χ3n) is 3.49. The van der Waals surface area contributed by atoms with Crippen LogP contribution in [-0.4, -0.2) is 46.9 Å². The van der Waals surface area contributed by atoms with Crippen LogP contribution in [-0.2, 0) is 0 Å². The molecule has 0 unspecified atom stereocenters. The third kappa shape index (κ3) is 3.93. The van der Waals surface area contributed by atoms with E-state index >= 15 is 0 Å². The van der Waals surface area contributed by atoms with Crippen LogP contribution in [0, 0.1) is 5.41 Å². The maximum absolute atomic E-state index is 9.06. The first kappa shape index (κ1) is 14.8. The van der Waals surface area contributed by atoms with Crippen molar-refractivity contribution < 1.29 is 9.84 Å². The Morgan fingerprint density at radius 1 is 1.25 bits per heavy atom. The molecule has 112 valence electrons. The van der Waals surface area contributed by atoms with Crippen molar-refractivity contribution in [1.29, 1.82) is 0 Å². The summed E-state index contributed by atoms with van der Waals surface area (Å²) in [4.78, 5) is 12.7. The molecule has 0 radical (unpaired) electrons. The molecule has 3 N–H and O–H groups in total. The molecule has 1 aliphatic rings. The summed E-state index contributed by atoms with van der Waals surface area (Å²) in [6.07, 6.45) is 4.01. The number of nitrogens with one attached hydrogen (secondary N) is 2. The summed E-state index contributed by atoms with van der Waals surface area (Å²) in [6.45, 7) is 3.62. The summed E-state index contributed by atoms with van der Waals surface area (Å²) in [5, 5.41) is 15.2. The van der Waals surface area contributed by atoms with Crippen molar-refractivity contribution in [3.05, 3.63) is 0 Å². The van der Waals surface area contributed by atoms with Gasteiger partial charge in [-0.05, 0) is 31.1 Å². The molecular weight excluding hydrogens is 258 g/mol. The molecule has 1 aliphatic carbocycles. The fourth-order valence-corrected chi connectivity index (χ4v) is 2.00. The van der Waals surface area contributed by atoms with Gasteiger partial charge in [0.2, 0.25) is 11.9 Å². The highest BCUT2D eigenvalue weighted by molar-refractivity contribution is 5.35. The van der Waals surface area contributed by atoms with Gasteiger partial charge in [-0.1, -0.05) is 6.92 Å². The molecule has 20 heavy (non-hydrogen) atoms. The molecule has 1 saturated carbocycles. The highest BCUT2D eigenvalue weighted by atomic mass is 16.5. The summed E-state index contributed by atoms with van der Waals surface area (Å²) in [6, 6.07) is 0.334. The maximum atomic E-state index is 9.06. The van der Waals surface area contributed by atoms with E-state index in [-0.39, 0.29) is 12.0 Å². The average molecular weight is 281 g/mol. The van der Waals surface area contributed by atoms with Gasteiger partial charge in [0.15, 0.2) is 0 Å². The molecule has 0 aliphatic heterocycles. The van der Waals surface area contributed by atoms with Gasteiger partial charge in [-0.25, -0.2) is 0 Å². The van der Waals surface area contributed by atoms with Gasteiger partial charge in [-0.2, -0.15) is 15.0 Å². The van der Waals surface area contributed by atoms with Crippen LogP contribution in [0.2, 0.25) is 0 Å². The van der Waals surface area contributed by atoms with Crippen molar-refractivity contribution in [3.63, 3.8) is 0 Å². The van der Waals surface area contributed by atoms with Crippen LogP contribution in [0.1, 0.15) is 32.6 Å². The number of aliphatic hydroxyl groups excluding tert-OH is 1. The second kappa shape index (κ2) is 6.69. The van der Waals surface area contributed by atoms with Gasteiger partial charge >= 0.3 is 6.01 Å². The molecule has 0 spiro atoms. The normalized spacial score (nSPS) is 15.8. The molecule has 0 bridgehead atoms. The summed E-state index contributed by atoms with van der Waals surface area (Å²) in [5.41, 5.74) is 0.214. The van der Waals surface area contributed by atoms with Crippen LogP contribution in [0.4, 0.5) is 11.9 Å². The van der Waals surface area contributed by atoms with E-state index in [9.17, 15) is 0 Å². The average Bonchev–Trinajstić information content (AvgIpc) is 3.23. The second-order valence-corrected chi connectivity index (χ2v) is 5.19. The van der Waals surface area contributed by atoms with Gasteiger partial charge in [-0.3, -0.25) is 0 Å². The largest absolute Gasteiger partial charge is 0.463 e. The summed E-state index contributed by atoms with van der Waals surface area (Å²) in [5.74, 6) is 1.00. The number of aromatic nitrogens is 3. The quantitative estimate of drug-likeness (QED) is 0.628. The SMILES string of the molecule is CCCOc1nc(NC)nc(NCC2(CCO)CC2)n1. The Morgan fingerprint density at radius 3 is 2.60 bits per heavy atom. The minimum Gasteiger partial charge on any atom is -0.463 e. The van der Waals surface area contributed by atoms with Crippen LogP contribution in [0.15, 0.2) is 0 Å². The summed E-state index contributed by atoms with van der Waals surface area (Å²) < 4.78 is 5.45. The number of ether oxygens (including phenoxy) is 1. The Labute approximate surface area is 119 Å². The smallest absolute Gasteiger partial charge is 0.323 e. The molecule has 0 aromatic carbocycles. The Hall–Kier alpha value is -1.63. The van der Waals surface area contributed by atoms with Crippen molar-refractivity contribution in [2.24, 2.45) is 5.41 Å². The lowest BCUT2D eigenvalue weighted by atomic mass is 10.0. The Kier molecular flexibility index (Phi) is 4.94. The van der Waals surface area contributed by atoms with Gasteiger partial charge in [-0.15, -0.1) is 0 Å². The molecule has 1 fully saturated rings. The van der Waals surface area contributed by atoms with E-state index in [2.05, 4.69) is 25.6 Å². The van der Waals surface area contributed by atoms with Crippen molar-refractivity contribution in [1.82, 2.24) is 15.0 Å². The minimum absolute atomic E-state index is 0.214. The van der Waals surface area contributed by atoms with Crippen LogP contribution in [0.3, 0.4) is 0 Å². The monoisotopic (exact) mass is 281 g/mol. The fourth-order valence-electron chi connectivity index (χ4n) is 2.00. The number of aliphatic hydroxyl groups is 1. The predicted octanol–water partition coefficient (Wildman–Crippen LogP) is 1.28.